The van der Waals surface area contributed by atoms with Gasteiger partial charge in [0.2, 0.25) is 11.8 Å². The van der Waals surface area contributed by atoms with Crippen molar-refractivity contribution in [2.24, 2.45) is 23.5 Å². The topological polar surface area (TPSA) is 78.7 Å². The van der Waals surface area contributed by atoms with Gasteiger partial charge in [0, 0.05) is 37.6 Å². The molecule has 1 aromatic rings. The average Bonchev–Trinajstić information content (AvgIpc) is 3.80. The van der Waals surface area contributed by atoms with Crippen molar-refractivity contribution in [3.8, 4) is 0 Å². The number of hydrogen-bond donors (Lipinski definition) is 2. The summed E-state index contributed by atoms with van der Waals surface area (Å²) < 4.78 is 13.4. The van der Waals surface area contributed by atoms with Crippen LogP contribution < -0.4 is 11.1 Å². The van der Waals surface area contributed by atoms with Crippen molar-refractivity contribution >= 4 is 11.8 Å². The van der Waals surface area contributed by atoms with E-state index in [2.05, 4.69) is 10.2 Å². The first-order chi connectivity index (χ1) is 17.0. The van der Waals surface area contributed by atoms with Gasteiger partial charge in [-0.3, -0.25) is 14.5 Å². The molecule has 1 saturated heterocycles. The number of likely N-dealkylation sites (tertiary alicyclic amines) is 1. The maximum Gasteiger partial charge on any atom is 0.242 e. The second kappa shape index (κ2) is 11.0. The molecule has 1 aromatic carbocycles. The monoisotopic (exact) mass is 484 g/mol. The zero-order valence-electron chi connectivity index (χ0n) is 20.8. The second-order valence-electron chi connectivity index (χ2n) is 11.4. The molecule has 7 heteroatoms. The van der Waals surface area contributed by atoms with Crippen molar-refractivity contribution in [2.45, 2.75) is 88.9 Å². The molecule has 6 nitrogen and oxygen atoms in total. The Morgan fingerprint density at radius 2 is 1.63 bits per heavy atom. The molecular weight excluding hydrogens is 443 g/mol. The fourth-order valence-corrected chi connectivity index (χ4v) is 6.12. The van der Waals surface area contributed by atoms with Crippen LogP contribution in [0.4, 0.5) is 4.39 Å². The Kier molecular flexibility index (Phi) is 7.73. The second-order valence-corrected chi connectivity index (χ2v) is 11.4. The van der Waals surface area contributed by atoms with Crippen molar-refractivity contribution in [1.29, 1.82) is 0 Å². The SMILES string of the molecule is NCC1CCC(CNC(=O)[C@H]2CC(N(Cc3ccc(F)cc3)C3CC3)CCN2C(=O)C2CC2)CC1. The highest BCUT2D eigenvalue weighted by Crippen LogP contribution is 2.37. The summed E-state index contributed by atoms with van der Waals surface area (Å²) in [5.74, 6) is 1.22. The van der Waals surface area contributed by atoms with Crippen LogP contribution in [0, 0.1) is 23.6 Å². The van der Waals surface area contributed by atoms with Crippen molar-refractivity contribution in [2.75, 3.05) is 19.6 Å². The Bertz CT molecular complexity index is 877. The van der Waals surface area contributed by atoms with Gasteiger partial charge in [0.05, 0.1) is 0 Å². The predicted octanol–water partition coefficient (Wildman–Crippen LogP) is 3.44. The van der Waals surface area contributed by atoms with E-state index in [-0.39, 0.29) is 29.6 Å². The first-order valence-electron chi connectivity index (χ1n) is 13.8. The van der Waals surface area contributed by atoms with Gasteiger partial charge in [0.1, 0.15) is 11.9 Å². The van der Waals surface area contributed by atoms with Crippen LogP contribution in [0.15, 0.2) is 24.3 Å². The molecular formula is C28H41FN4O2. The molecule has 1 unspecified atom stereocenters. The van der Waals surface area contributed by atoms with Crippen molar-refractivity contribution in [3.63, 3.8) is 0 Å². The summed E-state index contributed by atoms with van der Waals surface area (Å²) in [7, 11) is 0. The average molecular weight is 485 g/mol. The van der Waals surface area contributed by atoms with Crippen LogP contribution in [0.2, 0.25) is 0 Å². The molecule has 0 radical (unpaired) electrons. The van der Waals surface area contributed by atoms with Gasteiger partial charge in [-0.2, -0.15) is 0 Å². The van der Waals surface area contributed by atoms with Crippen LogP contribution in [-0.2, 0) is 16.1 Å². The van der Waals surface area contributed by atoms with Gasteiger partial charge in [0.15, 0.2) is 0 Å². The van der Waals surface area contributed by atoms with Crippen LogP contribution in [0.1, 0.15) is 69.8 Å². The summed E-state index contributed by atoms with van der Waals surface area (Å²) in [6, 6.07) is 7.16. The summed E-state index contributed by atoms with van der Waals surface area (Å²) in [4.78, 5) is 31.0. The summed E-state index contributed by atoms with van der Waals surface area (Å²) in [6.07, 6.45) is 10.4. The van der Waals surface area contributed by atoms with E-state index in [1.54, 1.807) is 0 Å². The number of carbonyl (C=O) groups excluding carboxylic acids is 2. The molecule has 1 aliphatic heterocycles. The molecule has 3 saturated carbocycles. The number of halogens is 1. The zero-order chi connectivity index (χ0) is 24.4. The maximum absolute atomic E-state index is 13.5. The molecule has 5 rings (SSSR count). The number of nitrogens with zero attached hydrogens (tertiary/aromatic N) is 2. The Hall–Kier alpha value is -1.99. The maximum atomic E-state index is 13.5. The number of nitrogens with one attached hydrogen (secondary N) is 1. The van der Waals surface area contributed by atoms with Gasteiger partial charge in [-0.1, -0.05) is 12.1 Å². The quantitative estimate of drug-likeness (QED) is 0.563. The lowest BCUT2D eigenvalue weighted by Crippen LogP contribution is -2.58. The molecule has 1 heterocycles. The molecule has 4 fully saturated rings. The number of benzene rings is 1. The van der Waals surface area contributed by atoms with Crippen molar-refractivity contribution in [1.82, 2.24) is 15.1 Å². The van der Waals surface area contributed by atoms with Gasteiger partial charge in [0.25, 0.3) is 0 Å². The van der Waals surface area contributed by atoms with E-state index >= 15 is 0 Å². The Labute approximate surface area is 208 Å². The highest BCUT2D eigenvalue weighted by atomic mass is 19.1. The fraction of sp³-hybridized carbons (Fsp3) is 0.714. The summed E-state index contributed by atoms with van der Waals surface area (Å²) in [5.41, 5.74) is 6.93. The number of rotatable bonds is 9. The molecule has 0 aromatic heterocycles. The smallest absolute Gasteiger partial charge is 0.242 e. The number of hydrogen-bond acceptors (Lipinski definition) is 4. The van der Waals surface area contributed by atoms with Gasteiger partial charge in [-0.05, 0) is 100 Å². The van der Waals surface area contributed by atoms with E-state index in [1.165, 1.54) is 25.0 Å². The summed E-state index contributed by atoms with van der Waals surface area (Å²) >= 11 is 0. The Morgan fingerprint density at radius 3 is 2.26 bits per heavy atom. The van der Waals surface area contributed by atoms with Crippen LogP contribution in [0.5, 0.6) is 0 Å². The number of carbonyl (C=O) groups is 2. The lowest BCUT2D eigenvalue weighted by atomic mass is 9.82. The van der Waals surface area contributed by atoms with E-state index in [1.807, 2.05) is 17.0 Å². The zero-order valence-corrected chi connectivity index (χ0v) is 20.8. The van der Waals surface area contributed by atoms with Gasteiger partial charge >= 0.3 is 0 Å². The molecule has 4 aliphatic rings. The van der Waals surface area contributed by atoms with Crippen LogP contribution in [0.25, 0.3) is 0 Å². The lowest BCUT2D eigenvalue weighted by molar-refractivity contribution is -0.145. The minimum absolute atomic E-state index is 0.0159. The molecule has 3 N–H and O–H groups in total. The van der Waals surface area contributed by atoms with E-state index in [4.69, 9.17) is 5.73 Å². The van der Waals surface area contributed by atoms with E-state index in [9.17, 15) is 14.0 Å². The third-order valence-electron chi connectivity index (χ3n) is 8.72. The lowest BCUT2D eigenvalue weighted by Gasteiger charge is -2.43. The predicted molar refractivity (Wildman–Crippen MR) is 134 cm³/mol. The molecule has 0 bridgehead atoms. The van der Waals surface area contributed by atoms with Crippen LogP contribution in [0.3, 0.4) is 0 Å². The largest absolute Gasteiger partial charge is 0.354 e. The highest BCUT2D eigenvalue weighted by Gasteiger charge is 2.44. The minimum atomic E-state index is -0.392. The van der Waals surface area contributed by atoms with Crippen LogP contribution in [-0.4, -0.2) is 59.4 Å². The molecule has 2 atom stereocenters. The molecule has 35 heavy (non-hydrogen) atoms. The first-order valence-corrected chi connectivity index (χ1v) is 13.8. The summed E-state index contributed by atoms with van der Waals surface area (Å²) in [6.45, 7) is 2.87. The van der Waals surface area contributed by atoms with Crippen molar-refractivity contribution in [3.05, 3.63) is 35.6 Å². The Morgan fingerprint density at radius 1 is 0.943 bits per heavy atom. The van der Waals surface area contributed by atoms with Gasteiger partial charge in [-0.25, -0.2) is 4.39 Å². The molecule has 2 amide bonds. The third-order valence-corrected chi connectivity index (χ3v) is 8.72. The fourth-order valence-electron chi connectivity index (χ4n) is 6.12. The molecule has 3 aliphatic carbocycles. The molecule has 0 spiro atoms. The van der Waals surface area contributed by atoms with E-state index in [0.29, 0.717) is 37.4 Å². The summed E-state index contributed by atoms with van der Waals surface area (Å²) in [5, 5.41) is 3.24. The first kappa shape index (κ1) is 24.7. The third kappa shape index (κ3) is 6.23. The van der Waals surface area contributed by atoms with Crippen molar-refractivity contribution < 1.29 is 14.0 Å². The standard InChI is InChI=1S/C28H41FN4O2/c29-23-9-5-21(6-10-23)18-33(24-11-12-24)25-13-14-32(28(35)22-7-8-22)26(15-25)27(34)31-17-20-3-1-19(16-30)2-4-20/h5-6,9-10,19-20,22,24-26H,1-4,7-8,11-18,30H2,(H,31,34)/t19?,20?,25?,26-/m1/s1. The number of nitrogens with two attached hydrogens (primary N) is 1. The highest BCUT2D eigenvalue weighted by molar-refractivity contribution is 5.89. The normalized spacial score (nSPS) is 29.3. The Balaban J connectivity index is 1.24. The minimum Gasteiger partial charge on any atom is -0.354 e. The van der Waals surface area contributed by atoms with Crippen LogP contribution >= 0.6 is 0 Å². The van der Waals surface area contributed by atoms with E-state index in [0.717, 1.165) is 63.6 Å². The molecule has 192 valence electrons. The number of amides is 2. The van der Waals surface area contributed by atoms with E-state index < -0.39 is 6.04 Å². The van der Waals surface area contributed by atoms with Gasteiger partial charge < -0.3 is 16.0 Å². The number of piperidine rings is 1. The van der Waals surface area contributed by atoms with Gasteiger partial charge in [-0.15, -0.1) is 0 Å².